The molecular weight excluding hydrogens is 442 g/mol. The highest BCUT2D eigenvalue weighted by Gasteiger charge is 2.46. The van der Waals surface area contributed by atoms with Crippen LogP contribution in [0.1, 0.15) is 0 Å². The largest absolute Gasteiger partial charge is 0.493 e. The Kier molecular flexibility index (Phi) is 5.69. The van der Waals surface area contributed by atoms with E-state index in [1.807, 2.05) is 0 Å². The van der Waals surface area contributed by atoms with Crippen molar-refractivity contribution in [3.05, 3.63) is 36.7 Å². The number of halogens is 2. The van der Waals surface area contributed by atoms with Crippen molar-refractivity contribution in [1.82, 2.24) is 15.0 Å². The molecule has 1 aliphatic rings. The fourth-order valence-corrected chi connectivity index (χ4v) is 3.00. The number of fused-ring (bicyclic) bond motifs is 1. The Morgan fingerprint density at radius 2 is 1.58 bits per heavy atom. The zero-order chi connectivity index (χ0) is 23.6. The smallest absolute Gasteiger partial charge is 0.482 e. The molecule has 0 radical (unpaired) electrons. The number of benzene rings is 2. The third-order valence-corrected chi connectivity index (χ3v) is 4.48. The second-order valence-corrected chi connectivity index (χ2v) is 6.58. The lowest BCUT2D eigenvalue weighted by Crippen LogP contribution is -2.43. The normalized spacial score (nSPS) is 13.8. The van der Waals surface area contributed by atoms with Gasteiger partial charge in [0.1, 0.15) is 6.33 Å². The maximum atomic E-state index is 13.4. The first kappa shape index (κ1) is 21.8. The molecule has 3 aromatic rings. The van der Waals surface area contributed by atoms with Gasteiger partial charge in [-0.1, -0.05) is 0 Å². The van der Waals surface area contributed by atoms with Gasteiger partial charge in [-0.05, 0) is 18.2 Å². The Balaban J connectivity index is 1.54. The van der Waals surface area contributed by atoms with E-state index in [4.69, 9.17) is 14.2 Å². The number of aromatic nitrogens is 3. The van der Waals surface area contributed by atoms with E-state index in [0.717, 1.165) is 0 Å². The molecule has 0 saturated carbocycles. The van der Waals surface area contributed by atoms with Crippen LogP contribution in [0.5, 0.6) is 23.0 Å². The fourth-order valence-electron chi connectivity index (χ4n) is 3.00. The van der Waals surface area contributed by atoms with E-state index in [-0.39, 0.29) is 23.3 Å². The number of hydrogen-bond donors (Lipinski definition) is 3. The Labute approximate surface area is 186 Å². The van der Waals surface area contributed by atoms with Crippen LogP contribution < -0.4 is 34.9 Å². The van der Waals surface area contributed by atoms with Crippen molar-refractivity contribution < 1.29 is 32.5 Å². The highest BCUT2D eigenvalue weighted by Crippen LogP contribution is 2.40. The number of amides is 1. The minimum atomic E-state index is -3.93. The Hall–Kier alpha value is -4.42. The molecule has 13 heteroatoms. The Bertz CT molecular complexity index is 1180. The lowest BCUT2D eigenvalue weighted by Gasteiger charge is -2.25. The van der Waals surface area contributed by atoms with E-state index in [9.17, 15) is 13.6 Å². The fraction of sp³-hybridized carbons (Fsp3) is 0.200. The molecule has 0 spiro atoms. The molecule has 3 N–H and O–H groups in total. The molecule has 0 bridgehead atoms. The summed E-state index contributed by atoms with van der Waals surface area (Å²) in [6.45, 7) is 0. The summed E-state index contributed by atoms with van der Waals surface area (Å²) in [6, 6.07) is 7.54. The third kappa shape index (κ3) is 4.46. The zero-order valence-electron chi connectivity index (χ0n) is 17.6. The van der Waals surface area contributed by atoms with E-state index in [0.29, 0.717) is 28.6 Å². The first-order chi connectivity index (χ1) is 15.8. The maximum absolute atomic E-state index is 13.4. The molecule has 0 unspecified atom stereocenters. The maximum Gasteiger partial charge on any atom is 0.482 e. The van der Waals surface area contributed by atoms with Crippen LogP contribution in [-0.2, 0) is 4.79 Å². The summed E-state index contributed by atoms with van der Waals surface area (Å²) in [5.74, 6) is -0.0323. The van der Waals surface area contributed by atoms with Crippen molar-refractivity contribution in [3.63, 3.8) is 0 Å². The van der Waals surface area contributed by atoms with Gasteiger partial charge in [-0.15, -0.1) is 0 Å². The molecule has 11 nitrogen and oxygen atoms in total. The van der Waals surface area contributed by atoms with Crippen LogP contribution in [0, 0.1) is 0 Å². The lowest BCUT2D eigenvalue weighted by atomic mass is 10.2. The number of methoxy groups -OCH3 is 3. The molecule has 2 heterocycles. The summed E-state index contributed by atoms with van der Waals surface area (Å²) in [4.78, 5) is 23.8. The topological polar surface area (TPSA) is 129 Å². The van der Waals surface area contributed by atoms with Crippen LogP contribution in [-0.4, -0.2) is 48.3 Å². The molecule has 1 aromatic heterocycles. The molecule has 0 fully saturated rings. The van der Waals surface area contributed by atoms with Gasteiger partial charge in [0, 0.05) is 23.5 Å². The van der Waals surface area contributed by atoms with Crippen LogP contribution in [0.3, 0.4) is 0 Å². The third-order valence-electron chi connectivity index (χ3n) is 4.48. The van der Waals surface area contributed by atoms with Gasteiger partial charge < -0.3 is 34.9 Å². The van der Waals surface area contributed by atoms with Crippen LogP contribution in [0.2, 0.25) is 0 Å². The summed E-state index contributed by atoms with van der Waals surface area (Å²) in [7, 11) is 4.50. The highest BCUT2D eigenvalue weighted by molar-refractivity contribution is 5.99. The zero-order valence-corrected chi connectivity index (χ0v) is 17.6. The van der Waals surface area contributed by atoms with Crippen LogP contribution >= 0.6 is 0 Å². The first-order valence-electron chi connectivity index (χ1n) is 9.38. The van der Waals surface area contributed by atoms with E-state index in [2.05, 4.69) is 35.6 Å². The van der Waals surface area contributed by atoms with Gasteiger partial charge in [-0.2, -0.15) is 13.8 Å². The first-order valence-corrected chi connectivity index (χ1v) is 9.38. The molecule has 33 heavy (non-hydrogen) atoms. The second kappa shape index (κ2) is 8.61. The van der Waals surface area contributed by atoms with Crippen molar-refractivity contribution in [2.75, 3.05) is 37.3 Å². The van der Waals surface area contributed by atoms with Crippen LogP contribution in [0.25, 0.3) is 0 Å². The number of carbonyl (C=O) groups is 1. The summed E-state index contributed by atoms with van der Waals surface area (Å²) in [5, 5.41) is 8.03. The predicted molar refractivity (Wildman–Crippen MR) is 113 cm³/mol. The number of nitrogens with one attached hydrogen (secondary N) is 3. The average molecular weight is 460 g/mol. The second-order valence-electron chi connectivity index (χ2n) is 6.58. The standard InChI is InChI=1S/C20H18F2N6O5/c1-30-14-7-11(8-15(31-2)16(14)32-3)26-19-24-9-23-18(28-19)25-10-4-5-13-12(6-10)27-17(29)20(21,22)33-13/h4-9H,1-3H3,(H,27,29)(H2,23,24,25,26,28). The van der Waals surface area contributed by atoms with Crippen molar-refractivity contribution in [3.8, 4) is 23.0 Å². The van der Waals surface area contributed by atoms with Crippen molar-refractivity contribution >= 4 is 34.9 Å². The molecule has 4 rings (SSSR count). The van der Waals surface area contributed by atoms with E-state index < -0.39 is 12.0 Å². The Morgan fingerprint density at radius 3 is 2.18 bits per heavy atom. The van der Waals surface area contributed by atoms with Gasteiger partial charge in [0.2, 0.25) is 17.6 Å². The summed E-state index contributed by atoms with van der Waals surface area (Å²) in [6.07, 6.45) is -2.65. The number of carbonyl (C=O) groups excluding carboxylic acids is 1. The van der Waals surface area contributed by atoms with Gasteiger partial charge >= 0.3 is 12.0 Å². The number of hydrogen-bond acceptors (Lipinski definition) is 10. The van der Waals surface area contributed by atoms with Crippen molar-refractivity contribution in [1.29, 1.82) is 0 Å². The molecular formula is C20H18F2N6O5. The van der Waals surface area contributed by atoms with E-state index >= 15 is 0 Å². The number of nitrogens with zero attached hydrogens (tertiary/aromatic N) is 3. The monoisotopic (exact) mass is 460 g/mol. The number of anilines is 5. The molecule has 0 aliphatic carbocycles. The minimum Gasteiger partial charge on any atom is -0.493 e. The number of ether oxygens (including phenoxy) is 4. The predicted octanol–water partition coefficient (Wildman–Crippen LogP) is 3.31. The molecule has 1 aliphatic heterocycles. The van der Waals surface area contributed by atoms with Gasteiger partial charge in [0.25, 0.3) is 0 Å². The van der Waals surface area contributed by atoms with Gasteiger partial charge in [0.05, 0.1) is 27.0 Å². The minimum absolute atomic E-state index is 0.0840. The molecule has 2 aromatic carbocycles. The van der Waals surface area contributed by atoms with Crippen LogP contribution in [0.4, 0.5) is 37.7 Å². The van der Waals surface area contributed by atoms with Gasteiger partial charge in [-0.3, -0.25) is 4.79 Å². The molecule has 0 atom stereocenters. The summed E-state index contributed by atoms with van der Waals surface area (Å²) in [5.41, 5.74) is 1.07. The molecule has 1 amide bonds. The van der Waals surface area contributed by atoms with Crippen molar-refractivity contribution in [2.24, 2.45) is 0 Å². The molecule has 0 saturated heterocycles. The van der Waals surface area contributed by atoms with Gasteiger partial charge in [-0.25, -0.2) is 9.97 Å². The van der Waals surface area contributed by atoms with Gasteiger partial charge in [0.15, 0.2) is 17.2 Å². The van der Waals surface area contributed by atoms with E-state index in [1.165, 1.54) is 45.9 Å². The lowest BCUT2D eigenvalue weighted by molar-refractivity contribution is -0.189. The van der Waals surface area contributed by atoms with E-state index in [1.54, 1.807) is 12.1 Å². The SMILES string of the molecule is COc1cc(Nc2ncnc(Nc3ccc4c(c3)NC(=O)C(F)(F)O4)n2)cc(OC)c1OC. The number of rotatable bonds is 7. The highest BCUT2D eigenvalue weighted by atomic mass is 19.3. The molecule has 172 valence electrons. The van der Waals surface area contributed by atoms with Crippen molar-refractivity contribution in [2.45, 2.75) is 6.11 Å². The Morgan fingerprint density at radius 1 is 0.939 bits per heavy atom. The van der Waals surface area contributed by atoms with Crippen LogP contribution in [0.15, 0.2) is 36.7 Å². The summed E-state index contributed by atoms with van der Waals surface area (Å²) >= 11 is 0. The quantitative estimate of drug-likeness (QED) is 0.483. The number of alkyl halides is 2. The summed E-state index contributed by atoms with van der Waals surface area (Å²) < 4.78 is 47.1. The average Bonchev–Trinajstić information content (AvgIpc) is 2.79.